The Morgan fingerprint density at radius 2 is 2.44 bits per heavy atom. The second-order valence-corrected chi connectivity index (χ2v) is 4.06. The number of nitrogens with zero attached hydrogens (tertiary/aromatic N) is 3. The monoisotopic (exact) mass is 244 g/mol. The lowest BCUT2D eigenvalue weighted by Gasteiger charge is -2.19. The first-order valence-electron chi connectivity index (χ1n) is 4.77. The van der Waals surface area contributed by atoms with Crippen LogP contribution in [-0.4, -0.2) is 54.2 Å². The van der Waals surface area contributed by atoms with Crippen molar-refractivity contribution in [2.75, 3.05) is 32.1 Å². The van der Waals surface area contributed by atoms with Crippen molar-refractivity contribution in [1.82, 2.24) is 15.1 Å². The van der Waals surface area contributed by atoms with Crippen molar-refractivity contribution in [3.05, 3.63) is 5.51 Å². The van der Waals surface area contributed by atoms with E-state index in [2.05, 4.69) is 15.5 Å². The van der Waals surface area contributed by atoms with Crippen LogP contribution in [0.15, 0.2) is 5.51 Å². The Kier molecular flexibility index (Phi) is 3.65. The van der Waals surface area contributed by atoms with E-state index in [0.29, 0.717) is 24.9 Å². The summed E-state index contributed by atoms with van der Waals surface area (Å²) in [5.74, 6) is 0. The van der Waals surface area contributed by atoms with Crippen LogP contribution in [-0.2, 0) is 9.47 Å². The first-order valence-corrected chi connectivity index (χ1v) is 5.65. The molecular weight excluding hydrogens is 232 g/mol. The number of likely N-dealkylation sites (N-methyl/N-ethyl adjacent to an activating group) is 1. The highest BCUT2D eigenvalue weighted by molar-refractivity contribution is 7.13. The molecule has 1 saturated heterocycles. The number of rotatable bonds is 3. The van der Waals surface area contributed by atoms with E-state index in [0.717, 1.165) is 0 Å². The lowest BCUT2D eigenvalue weighted by Crippen LogP contribution is -2.37. The van der Waals surface area contributed by atoms with Gasteiger partial charge in [0.25, 0.3) is 0 Å². The first-order chi connectivity index (χ1) is 7.75. The molecule has 0 unspecified atom stereocenters. The van der Waals surface area contributed by atoms with E-state index in [4.69, 9.17) is 9.47 Å². The number of carbonyl (C=O) groups excluding carboxylic acids is 1. The van der Waals surface area contributed by atoms with Crippen LogP contribution >= 0.6 is 11.3 Å². The minimum Gasteiger partial charge on any atom is -0.348 e. The molecule has 0 atom stereocenters. The maximum atomic E-state index is 11.6. The molecule has 0 bridgehead atoms. The van der Waals surface area contributed by atoms with Crippen LogP contribution in [0.1, 0.15) is 0 Å². The third-order valence-corrected chi connectivity index (χ3v) is 2.64. The molecular formula is C8H12N4O3S. The van der Waals surface area contributed by atoms with Crippen LogP contribution in [0.4, 0.5) is 9.93 Å². The Bertz CT molecular complexity index is 339. The number of amides is 2. The zero-order chi connectivity index (χ0) is 11.4. The molecule has 16 heavy (non-hydrogen) atoms. The number of urea groups is 1. The second-order valence-electron chi connectivity index (χ2n) is 3.23. The van der Waals surface area contributed by atoms with Crippen molar-refractivity contribution in [3.8, 4) is 0 Å². The maximum absolute atomic E-state index is 11.6. The Labute approximate surface area is 96.4 Å². The van der Waals surface area contributed by atoms with Gasteiger partial charge in [0.1, 0.15) is 5.51 Å². The van der Waals surface area contributed by atoms with Crippen LogP contribution in [0, 0.1) is 0 Å². The van der Waals surface area contributed by atoms with Gasteiger partial charge in [0.15, 0.2) is 6.29 Å². The molecule has 0 spiro atoms. The van der Waals surface area contributed by atoms with E-state index < -0.39 is 0 Å². The molecule has 0 saturated carbocycles. The number of carbonyl (C=O) groups is 1. The predicted molar refractivity (Wildman–Crippen MR) is 57.2 cm³/mol. The lowest BCUT2D eigenvalue weighted by molar-refractivity contribution is -0.0518. The summed E-state index contributed by atoms with van der Waals surface area (Å²) in [7, 11) is 1.67. The van der Waals surface area contributed by atoms with E-state index in [1.165, 1.54) is 16.2 Å². The molecule has 1 aliphatic heterocycles. The third-order valence-electron chi connectivity index (χ3n) is 2.03. The van der Waals surface area contributed by atoms with Crippen LogP contribution in [0.3, 0.4) is 0 Å². The minimum atomic E-state index is -0.329. The van der Waals surface area contributed by atoms with Crippen molar-refractivity contribution in [3.63, 3.8) is 0 Å². The Morgan fingerprint density at radius 1 is 1.69 bits per heavy atom. The lowest BCUT2D eigenvalue weighted by atomic mass is 10.5. The fourth-order valence-corrected chi connectivity index (χ4v) is 1.67. The number of nitrogens with one attached hydrogen (secondary N) is 1. The molecule has 7 nitrogen and oxygen atoms in total. The highest BCUT2D eigenvalue weighted by atomic mass is 32.1. The van der Waals surface area contributed by atoms with Crippen LogP contribution in [0.5, 0.6) is 0 Å². The zero-order valence-electron chi connectivity index (χ0n) is 8.75. The zero-order valence-corrected chi connectivity index (χ0v) is 9.57. The molecule has 1 aromatic rings. The van der Waals surface area contributed by atoms with Gasteiger partial charge >= 0.3 is 6.03 Å². The first kappa shape index (κ1) is 11.2. The summed E-state index contributed by atoms with van der Waals surface area (Å²) in [4.78, 5) is 13.1. The van der Waals surface area contributed by atoms with Gasteiger partial charge in [-0.3, -0.25) is 5.32 Å². The second kappa shape index (κ2) is 5.19. The third kappa shape index (κ3) is 2.87. The fourth-order valence-electron chi connectivity index (χ4n) is 1.23. The number of hydrogen-bond donors (Lipinski definition) is 1. The summed E-state index contributed by atoms with van der Waals surface area (Å²) < 4.78 is 10.5. The molecule has 0 radical (unpaired) electrons. The van der Waals surface area contributed by atoms with E-state index in [1.807, 2.05) is 0 Å². The SMILES string of the molecule is CN(CC1OCCO1)C(=O)Nc1nncs1. The van der Waals surface area contributed by atoms with Gasteiger partial charge in [-0.05, 0) is 0 Å². The van der Waals surface area contributed by atoms with Crippen molar-refractivity contribution in [2.45, 2.75) is 6.29 Å². The molecule has 0 aliphatic carbocycles. The van der Waals surface area contributed by atoms with Crippen molar-refractivity contribution in [2.24, 2.45) is 0 Å². The van der Waals surface area contributed by atoms with Gasteiger partial charge in [-0.15, -0.1) is 10.2 Å². The quantitative estimate of drug-likeness (QED) is 0.831. The van der Waals surface area contributed by atoms with Gasteiger partial charge in [0, 0.05) is 7.05 Å². The summed E-state index contributed by atoms with van der Waals surface area (Å²) in [6.07, 6.45) is -0.329. The minimum absolute atomic E-state index is 0.254. The molecule has 1 N–H and O–H groups in total. The van der Waals surface area contributed by atoms with E-state index >= 15 is 0 Å². The number of anilines is 1. The molecule has 0 aromatic carbocycles. The van der Waals surface area contributed by atoms with E-state index in [-0.39, 0.29) is 12.3 Å². The highest BCUT2D eigenvalue weighted by Crippen LogP contribution is 2.10. The van der Waals surface area contributed by atoms with Crippen LogP contribution in [0.2, 0.25) is 0 Å². The maximum Gasteiger partial charge on any atom is 0.323 e. The summed E-state index contributed by atoms with van der Waals surface area (Å²) in [5, 5.41) is 10.4. The number of aromatic nitrogens is 2. The average Bonchev–Trinajstić information content (AvgIpc) is 2.90. The standard InChI is InChI=1S/C8H12N4O3S/c1-12(4-6-14-2-3-15-6)8(13)10-7-11-9-5-16-7/h5-6H,2-4H2,1H3,(H,10,11,13). The predicted octanol–water partition coefficient (Wildman–Crippen LogP) is 0.375. The van der Waals surface area contributed by atoms with E-state index in [9.17, 15) is 4.79 Å². The van der Waals surface area contributed by atoms with Crippen molar-refractivity contribution < 1.29 is 14.3 Å². The molecule has 2 heterocycles. The molecule has 88 valence electrons. The fraction of sp³-hybridized carbons (Fsp3) is 0.625. The Morgan fingerprint density at radius 3 is 3.06 bits per heavy atom. The summed E-state index contributed by atoms with van der Waals surface area (Å²) >= 11 is 1.27. The smallest absolute Gasteiger partial charge is 0.323 e. The number of ether oxygens (including phenoxy) is 2. The summed E-state index contributed by atoms with van der Waals surface area (Å²) in [5.41, 5.74) is 1.55. The van der Waals surface area contributed by atoms with Crippen molar-refractivity contribution in [1.29, 1.82) is 0 Å². The topological polar surface area (TPSA) is 76.6 Å². The van der Waals surface area contributed by atoms with Gasteiger partial charge in [0.2, 0.25) is 5.13 Å². The normalized spacial score (nSPS) is 16.3. The van der Waals surface area contributed by atoms with Crippen LogP contribution in [0.25, 0.3) is 0 Å². The van der Waals surface area contributed by atoms with Gasteiger partial charge < -0.3 is 14.4 Å². The van der Waals surface area contributed by atoms with Gasteiger partial charge in [-0.25, -0.2) is 4.79 Å². The molecule has 1 aromatic heterocycles. The molecule has 1 fully saturated rings. The van der Waals surface area contributed by atoms with E-state index in [1.54, 1.807) is 12.6 Å². The Hall–Kier alpha value is -1.25. The average molecular weight is 244 g/mol. The van der Waals surface area contributed by atoms with Gasteiger partial charge in [-0.1, -0.05) is 11.3 Å². The molecule has 1 aliphatic rings. The number of hydrogen-bond acceptors (Lipinski definition) is 6. The van der Waals surface area contributed by atoms with Gasteiger partial charge in [0.05, 0.1) is 19.8 Å². The largest absolute Gasteiger partial charge is 0.348 e. The molecule has 2 amide bonds. The van der Waals surface area contributed by atoms with Crippen LogP contribution < -0.4 is 5.32 Å². The highest BCUT2D eigenvalue weighted by Gasteiger charge is 2.20. The molecule has 8 heteroatoms. The van der Waals surface area contributed by atoms with Crippen molar-refractivity contribution >= 4 is 22.5 Å². The summed E-state index contributed by atoms with van der Waals surface area (Å²) in [6.45, 7) is 1.55. The Balaban J connectivity index is 1.79. The van der Waals surface area contributed by atoms with Gasteiger partial charge in [-0.2, -0.15) is 0 Å². The molecule has 2 rings (SSSR count). The summed E-state index contributed by atoms with van der Waals surface area (Å²) in [6, 6.07) is -0.254.